The number of nitriles is 1. The molecule has 1 aromatic rings. The summed E-state index contributed by atoms with van der Waals surface area (Å²) in [7, 11) is 0. The van der Waals surface area contributed by atoms with Crippen LogP contribution in [0.15, 0.2) is 12.1 Å². The van der Waals surface area contributed by atoms with E-state index in [1.54, 1.807) is 6.07 Å². The Bertz CT molecular complexity index is 487. The predicted molar refractivity (Wildman–Crippen MR) is 76.0 cm³/mol. The zero-order valence-electron chi connectivity index (χ0n) is 11.3. The Morgan fingerprint density at radius 1 is 1.32 bits per heavy atom. The highest BCUT2D eigenvalue weighted by Crippen LogP contribution is 2.28. The second-order valence-corrected chi connectivity index (χ2v) is 4.90. The van der Waals surface area contributed by atoms with E-state index < -0.39 is 0 Å². The van der Waals surface area contributed by atoms with E-state index in [1.165, 1.54) is 0 Å². The number of rotatable bonds is 3. The van der Waals surface area contributed by atoms with Crippen molar-refractivity contribution in [3.05, 3.63) is 23.3 Å². The lowest BCUT2D eigenvalue weighted by Crippen LogP contribution is -2.47. The molecule has 1 fully saturated rings. The summed E-state index contributed by atoms with van der Waals surface area (Å²) in [6.45, 7) is 6.49. The minimum atomic E-state index is 0.199. The van der Waals surface area contributed by atoms with Gasteiger partial charge in [-0.1, -0.05) is 0 Å². The minimum Gasteiger partial charge on any atom is -0.399 e. The molecule has 0 amide bonds. The SMILES string of the molecule is Cc1cc(N)cc(C#N)c1N1CCN(CCO)CC1. The van der Waals surface area contributed by atoms with Crippen LogP contribution in [0.2, 0.25) is 0 Å². The van der Waals surface area contributed by atoms with Crippen molar-refractivity contribution in [3.63, 3.8) is 0 Å². The summed E-state index contributed by atoms with van der Waals surface area (Å²) >= 11 is 0. The highest BCUT2D eigenvalue weighted by atomic mass is 16.3. The zero-order chi connectivity index (χ0) is 13.8. The van der Waals surface area contributed by atoms with Crippen molar-refractivity contribution in [2.45, 2.75) is 6.92 Å². The number of benzene rings is 1. The average molecular weight is 260 g/mol. The molecule has 0 spiro atoms. The van der Waals surface area contributed by atoms with Crippen molar-refractivity contribution in [2.24, 2.45) is 0 Å². The Labute approximate surface area is 113 Å². The van der Waals surface area contributed by atoms with Crippen LogP contribution in [0.25, 0.3) is 0 Å². The first kappa shape index (κ1) is 13.7. The Morgan fingerprint density at radius 2 is 2.00 bits per heavy atom. The molecule has 5 nitrogen and oxygen atoms in total. The third-order valence-corrected chi connectivity index (χ3v) is 3.55. The van der Waals surface area contributed by atoms with Gasteiger partial charge in [0.05, 0.1) is 17.9 Å². The number of aliphatic hydroxyl groups excluding tert-OH is 1. The van der Waals surface area contributed by atoms with E-state index >= 15 is 0 Å². The molecule has 0 radical (unpaired) electrons. The first-order valence-corrected chi connectivity index (χ1v) is 6.54. The van der Waals surface area contributed by atoms with Crippen LogP contribution in [0.3, 0.4) is 0 Å². The topological polar surface area (TPSA) is 76.5 Å². The average Bonchev–Trinajstić information content (AvgIpc) is 2.39. The van der Waals surface area contributed by atoms with Crippen molar-refractivity contribution >= 4 is 11.4 Å². The summed E-state index contributed by atoms with van der Waals surface area (Å²) in [6, 6.07) is 5.89. The Morgan fingerprint density at radius 3 is 2.58 bits per heavy atom. The molecule has 1 aliphatic heterocycles. The first-order chi connectivity index (χ1) is 9.15. The number of hydrogen-bond donors (Lipinski definition) is 2. The van der Waals surface area contributed by atoms with Gasteiger partial charge < -0.3 is 15.7 Å². The van der Waals surface area contributed by atoms with E-state index in [1.807, 2.05) is 13.0 Å². The van der Waals surface area contributed by atoms with Crippen LogP contribution in [0.5, 0.6) is 0 Å². The van der Waals surface area contributed by atoms with Gasteiger partial charge in [-0.25, -0.2) is 0 Å². The number of nitrogens with zero attached hydrogens (tertiary/aromatic N) is 3. The second-order valence-electron chi connectivity index (χ2n) is 4.90. The maximum atomic E-state index is 9.26. The van der Waals surface area contributed by atoms with Crippen molar-refractivity contribution < 1.29 is 5.11 Å². The number of nitrogen functional groups attached to an aromatic ring is 1. The van der Waals surface area contributed by atoms with Crippen LogP contribution in [0.4, 0.5) is 11.4 Å². The van der Waals surface area contributed by atoms with Crippen molar-refractivity contribution in [3.8, 4) is 6.07 Å². The van der Waals surface area contributed by atoms with Crippen molar-refractivity contribution in [1.82, 2.24) is 4.90 Å². The lowest BCUT2D eigenvalue weighted by Gasteiger charge is -2.37. The van der Waals surface area contributed by atoms with Gasteiger partial charge in [0.15, 0.2) is 0 Å². The highest BCUT2D eigenvalue weighted by molar-refractivity contribution is 5.69. The summed E-state index contributed by atoms with van der Waals surface area (Å²) in [4.78, 5) is 4.47. The van der Waals surface area contributed by atoms with E-state index in [9.17, 15) is 5.26 Å². The summed E-state index contributed by atoms with van der Waals surface area (Å²) < 4.78 is 0. The minimum absolute atomic E-state index is 0.199. The van der Waals surface area contributed by atoms with Crippen LogP contribution in [0, 0.1) is 18.3 Å². The molecule has 0 saturated carbocycles. The van der Waals surface area contributed by atoms with Gasteiger partial charge in [-0.05, 0) is 24.6 Å². The van der Waals surface area contributed by atoms with Crippen LogP contribution in [-0.4, -0.2) is 49.3 Å². The van der Waals surface area contributed by atoms with E-state index in [2.05, 4.69) is 15.9 Å². The monoisotopic (exact) mass is 260 g/mol. The molecule has 0 aromatic heterocycles. The molecule has 102 valence electrons. The van der Waals surface area contributed by atoms with E-state index in [4.69, 9.17) is 10.8 Å². The molecule has 1 aromatic carbocycles. The Kier molecular flexibility index (Phi) is 4.25. The lowest BCUT2D eigenvalue weighted by molar-refractivity contribution is 0.188. The smallest absolute Gasteiger partial charge is 0.101 e. The molecule has 0 bridgehead atoms. The van der Waals surface area contributed by atoms with E-state index in [-0.39, 0.29) is 6.61 Å². The fraction of sp³-hybridized carbons (Fsp3) is 0.500. The lowest BCUT2D eigenvalue weighted by atomic mass is 10.1. The second kappa shape index (κ2) is 5.91. The van der Waals surface area contributed by atoms with E-state index in [0.717, 1.165) is 44.0 Å². The third-order valence-electron chi connectivity index (χ3n) is 3.55. The van der Waals surface area contributed by atoms with Gasteiger partial charge in [-0.15, -0.1) is 0 Å². The van der Waals surface area contributed by atoms with Gasteiger partial charge in [-0.2, -0.15) is 5.26 Å². The molecule has 1 heterocycles. The third kappa shape index (κ3) is 2.98. The van der Waals surface area contributed by atoms with Crippen molar-refractivity contribution in [1.29, 1.82) is 5.26 Å². The number of hydrogen-bond acceptors (Lipinski definition) is 5. The van der Waals surface area contributed by atoms with Gasteiger partial charge in [0.2, 0.25) is 0 Å². The van der Waals surface area contributed by atoms with Gasteiger partial charge in [0, 0.05) is 38.4 Å². The first-order valence-electron chi connectivity index (χ1n) is 6.54. The van der Waals surface area contributed by atoms with Gasteiger partial charge in [0.1, 0.15) is 6.07 Å². The normalized spacial score (nSPS) is 16.4. The number of β-amino-alcohol motifs (C(OH)–C–C–N with tert-alkyl or cyclic N) is 1. The molecule has 19 heavy (non-hydrogen) atoms. The highest BCUT2D eigenvalue weighted by Gasteiger charge is 2.20. The Balaban J connectivity index is 2.18. The van der Waals surface area contributed by atoms with Crippen LogP contribution < -0.4 is 10.6 Å². The summed E-state index contributed by atoms with van der Waals surface area (Å²) in [6.07, 6.45) is 0. The molecule has 0 unspecified atom stereocenters. The van der Waals surface area contributed by atoms with E-state index in [0.29, 0.717) is 11.3 Å². The number of anilines is 2. The quantitative estimate of drug-likeness (QED) is 0.777. The fourth-order valence-corrected chi connectivity index (χ4v) is 2.65. The maximum Gasteiger partial charge on any atom is 0.101 e. The maximum absolute atomic E-state index is 9.26. The number of aliphatic hydroxyl groups is 1. The summed E-state index contributed by atoms with van der Waals surface area (Å²) in [5.74, 6) is 0. The molecule has 0 aliphatic carbocycles. The summed E-state index contributed by atoms with van der Waals surface area (Å²) in [5.41, 5.74) is 9.12. The zero-order valence-corrected chi connectivity index (χ0v) is 11.3. The van der Waals surface area contributed by atoms with Crippen molar-refractivity contribution in [2.75, 3.05) is 50.0 Å². The molecule has 5 heteroatoms. The fourth-order valence-electron chi connectivity index (χ4n) is 2.65. The number of aryl methyl sites for hydroxylation is 1. The Hall–Kier alpha value is -1.77. The van der Waals surface area contributed by atoms with Crippen LogP contribution in [-0.2, 0) is 0 Å². The van der Waals surface area contributed by atoms with Gasteiger partial charge in [-0.3, -0.25) is 4.90 Å². The molecular formula is C14H20N4O. The van der Waals surface area contributed by atoms with Gasteiger partial charge in [0.25, 0.3) is 0 Å². The van der Waals surface area contributed by atoms with Crippen LogP contribution >= 0.6 is 0 Å². The molecule has 2 rings (SSSR count). The number of piperazine rings is 1. The molecule has 1 aliphatic rings. The molecule has 3 N–H and O–H groups in total. The molecule has 1 saturated heterocycles. The number of nitrogens with two attached hydrogens (primary N) is 1. The van der Waals surface area contributed by atoms with Gasteiger partial charge >= 0.3 is 0 Å². The summed E-state index contributed by atoms with van der Waals surface area (Å²) in [5, 5.41) is 18.2. The molecular weight excluding hydrogens is 240 g/mol. The standard InChI is InChI=1S/C14H20N4O/c1-11-8-13(16)9-12(10-15)14(11)18-4-2-17(3-5-18)6-7-19/h8-9,19H,2-7,16H2,1H3. The molecule has 0 atom stereocenters. The predicted octanol–water partition coefficient (Wildman–Crippen LogP) is 0.563. The van der Waals surface area contributed by atoms with Crippen LogP contribution in [0.1, 0.15) is 11.1 Å². The largest absolute Gasteiger partial charge is 0.399 e.